The number of carbonyl (C=O) groups excluding carboxylic acids is 1. The number of hydrogen-bond donors (Lipinski definition) is 1. The molecule has 1 N–H and O–H groups in total. The zero-order valence-electron chi connectivity index (χ0n) is 11.9. The van der Waals surface area contributed by atoms with Crippen LogP contribution in [0.5, 0.6) is 0 Å². The van der Waals surface area contributed by atoms with Crippen molar-refractivity contribution in [3.63, 3.8) is 0 Å². The lowest BCUT2D eigenvalue weighted by Crippen LogP contribution is -2.12. The molecule has 0 aliphatic rings. The topological polar surface area (TPSA) is 51.2 Å². The predicted octanol–water partition coefficient (Wildman–Crippen LogP) is 3.98. The molecular formula is C15H16FIN2O2. The number of aromatic nitrogens is 1. The van der Waals surface area contributed by atoms with Crippen LogP contribution in [-0.4, -0.2) is 24.1 Å². The molecule has 1 aromatic heterocycles. The molecule has 0 spiro atoms. The molecule has 21 heavy (non-hydrogen) atoms. The van der Waals surface area contributed by atoms with Gasteiger partial charge in [0.2, 0.25) is 0 Å². The van der Waals surface area contributed by atoms with Crippen molar-refractivity contribution >= 4 is 45.2 Å². The van der Waals surface area contributed by atoms with E-state index in [9.17, 15) is 9.18 Å². The monoisotopic (exact) mass is 402 g/mol. The van der Waals surface area contributed by atoms with Crippen molar-refractivity contribution in [2.24, 2.45) is 0 Å². The maximum atomic E-state index is 13.7. The average Bonchev–Trinajstić information content (AvgIpc) is 2.44. The molecule has 2 aromatic rings. The van der Waals surface area contributed by atoms with Gasteiger partial charge in [-0.3, -0.25) is 4.98 Å². The van der Waals surface area contributed by atoms with Crippen LogP contribution in [-0.2, 0) is 4.74 Å². The Kier molecular flexibility index (Phi) is 5.33. The molecule has 112 valence electrons. The zero-order valence-corrected chi connectivity index (χ0v) is 14.0. The van der Waals surface area contributed by atoms with Crippen LogP contribution < -0.4 is 5.32 Å². The van der Waals surface area contributed by atoms with Gasteiger partial charge in [-0.1, -0.05) is 6.92 Å². The van der Waals surface area contributed by atoms with E-state index in [-0.39, 0.29) is 12.4 Å². The van der Waals surface area contributed by atoms with Gasteiger partial charge in [0.1, 0.15) is 11.4 Å². The van der Waals surface area contributed by atoms with Gasteiger partial charge in [0, 0.05) is 21.7 Å². The molecule has 0 radical (unpaired) electrons. The maximum Gasteiger partial charge on any atom is 0.341 e. The second kappa shape index (κ2) is 7.02. The van der Waals surface area contributed by atoms with Crippen molar-refractivity contribution in [3.05, 3.63) is 33.3 Å². The summed E-state index contributed by atoms with van der Waals surface area (Å²) in [5, 5.41) is 3.78. The summed E-state index contributed by atoms with van der Waals surface area (Å²) in [6.45, 7) is 4.72. The molecule has 0 bridgehead atoms. The molecule has 0 fully saturated rings. The number of carbonyl (C=O) groups is 1. The summed E-state index contributed by atoms with van der Waals surface area (Å²) in [5.74, 6) is -0.806. The third-order valence-electron chi connectivity index (χ3n) is 2.94. The largest absolute Gasteiger partial charge is 0.462 e. The Labute approximate surface area is 136 Å². The molecule has 0 amide bonds. The summed E-state index contributed by atoms with van der Waals surface area (Å²) in [4.78, 5) is 16.3. The smallest absolute Gasteiger partial charge is 0.341 e. The number of rotatable bonds is 5. The molecule has 0 saturated carbocycles. The fraction of sp³-hybridized carbons (Fsp3) is 0.333. The zero-order chi connectivity index (χ0) is 15.4. The Bertz CT molecular complexity index is 676. The third-order valence-corrected chi connectivity index (χ3v) is 3.76. The Morgan fingerprint density at radius 3 is 2.86 bits per heavy atom. The van der Waals surface area contributed by atoms with Crippen molar-refractivity contribution in [3.8, 4) is 0 Å². The molecular weight excluding hydrogens is 386 g/mol. The fourth-order valence-corrected chi connectivity index (χ4v) is 2.76. The second-order valence-corrected chi connectivity index (χ2v) is 5.64. The minimum Gasteiger partial charge on any atom is -0.462 e. The number of anilines is 1. The summed E-state index contributed by atoms with van der Waals surface area (Å²) >= 11 is 2.04. The number of fused-ring (bicyclic) bond motifs is 1. The highest BCUT2D eigenvalue weighted by molar-refractivity contribution is 14.1. The number of nitrogens with zero attached hydrogens (tertiary/aromatic N) is 1. The highest BCUT2D eigenvalue weighted by atomic mass is 127. The van der Waals surface area contributed by atoms with Crippen molar-refractivity contribution in [1.82, 2.24) is 4.98 Å². The lowest BCUT2D eigenvalue weighted by Gasteiger charge is -2.14. The Hall–Kier alpha value is -1.44. The number of esters is 1. The van der Waals surface area contributed by atoms with E-state index >= 15 is 0 Å². The van der Waals surface area contributed by atoms with Gasteiger partial charge in [0.05, 0.1) is 17.8 Å². The van der Waals surface area contributed by atoms with Crippen molar-refractivity contribution < 1.29 is 13.9 Å². The minimum absolute atomic E-state index is 0.283. The molecule has 0 atom stereocenters. The Balaban J connectivity index is 2.66. The summed E-state index contributed by atoms with van der Waals surface area (Å²) < 4.78 is 19.5. The standard InChI is InChI=1S/C15H16FIN2O2/c1-3-5-18-13-10-6-9(16)7-12(17)14(10)19-8-11(13)15(20)21-4-2/h6-8H,3-5H2,1-2H3,(H,18,19). The van der Waals surface area contributed by atoms with E-state index in [2.05, 4.69) is 10.3 Å². The number of hydrogen-bond acceptors (Lipinski definition) is 4. The molecule has 0 saturated heterocycles. The highest BCUT2D eigenvalue weighted by Crippen LogP contribution is 2.30. The first kappa shape index (κ1) is 15.9. The molecule has 0 aliphatic heterocycles. The normalized spacial score (nSPS) is 10.7. The molecule has 1 heterocycles. The van der Waals surface area contributed by atoms with Crippen LogP contribution in [0.4, 0.5) is 10.1 Å². The lowest BCUT2D eigenvalue weighted by atomic mass is 10.1. The van der Waals surface area contributed by atoms with Gasteiger partial charge in [0.15, 0.2) is 0 Å². The van der Waals surface area contributed by atoms with E-state index in [4.69, 9.17) is 4.74 Å². The molecule has 0 aliphatic carbocycles. The Morgan fingerprint density at radius 1 is 1.43 bits per heavy atom. The van der Waals surface area contributed by atoms with Crippen LogP contribution in [0.15, 0.2) is 18.3 Å². The van der Waals surface area contributed by atoms with Gasteiger partial charge in [-0.25, -0.2) is 9.18 Å². The summed E-state index contributed by atoms with van der Waals surface area (Å²) in [5.41, 5.74) is 1.58. The molecule has 4 nitrogen and oxygen atoms in total. The molecule has 1 aromatic carbocycles. The van der Waals surface area contributed by atoms with Crippen LogP contribution in [0.1, 0.15) is 30.6 Å². The number of benzene rings is 1. The second-order valence-electron chi connectivity index (χ2n) is 4.48. The van der Waals surface area contributed by atoms with Gasteiger partial charge in [-0.15, -0.1) is 0 Å². The van der Waals surface area contributed by atoms with Gasteiger partial charge in [-0.05, 0) is 48.1 Å². The van der Waals surface area contributed by atoms with Crippen LogP contribution in [0.3, 0.4) is 0 Å². The third kappa shape index (κ3) is 3.42. The molecule has 2 rings (SSSR count). The lowest BCUT2D eigenvalue weighted by molar-refractivity contribution is 0.0527. The maximum absolute atomic E-state index is 13.7. The fourth-order valence-electron chi connectivity index (χ4n) is 2.03. The Morgan fingerprint density at radius 2 is 2.19 bits per heavy atom. The van der Waals surface area contributed by atoms with E-state index in [1.165, 1.54) is 18.3 Å². The van der Waals surface area contributed by atoms with Crippen LogP contribution in [0, 0.1) is 9.39 Å². The van der Waals surface area contributed by atoms with Crippen molar-refractivity contribution in [1.29, 1.82) is 0 Å². The minimum atomic E-state index is -0.454. The summed E-state index contributed by atoms with van der Waals surface area (Å²) in [6.07, 6.45) is 2.37. The van der Waals surface area contributed by atoms with Gasteiger partial charge in [-0.2, -0.15) is 0 Å². The predicted molar refractivity (Wildman–Crippen MR) is 89.2 cm³/mol. The van der Waals surface area contributed by atoms with E-state index in [1.54, 1.807) is 6.92 Å². The van der Waals surface area contributed by atoms with Gasteiger partial charge >= 0.3 is 5.97 Å². The van der Waals surface area contributed by atoms with Crippen LogP contribution >= 0.6 is 22.6 Å². The molecule has 0 unspecified atom stereocenters. The van der Waals surface area contributed by atoms with E-state index in [0.717, 1.165) is 6.42 Å². The van der Waals surface area contributed by atoms with E-state index < -0.39 is 5.97 Å². The summed E-state index contributed by atoms with van der Waals surface area (Å²) in [6, 6.07) is 2.81. The van der Waals surface area contributed by atoms with Gasteiger partial charge < -0.3 is 10.1 Å². The molecule has 6 heteroatoms. The highest BCUT2D eigenvalue weighted by Gasteiger charge is 2.18. The van der Waals surface area contributed by atoms with Gasteiger partial charge in [0.25, 0.3) is 0 Å². The number of ether oxygens (including phenoxy) is 1. The summed E-state index contributed by atoms with van der Waals surface area (Å²) in [7, 11) is 0. The average molecular weight is 402 g/mol. The van der Waals surface area contributed by atoms with E-state index in [0.29, 0.717) is 32.3 Å². The number of pyridine rings is 1. The first-order valence-corrected chi connectivity index (χ1v) is 7.85. The van der Waals surface area contributed by atoms with Crippen molar-refractivity contribution in [2.45, 2.75) is 20.3 Å². The van der Waals surface area contributed by atoms with Crippen LogP contribution in [0.2, 0.25) is 0 Å². The number of nitrogens with one attached hydrogen (secondary N) is 1. The van der Waals surface area contributed by atoms with Crippen LogP contribution in [0.25, 0.3) is 10.9 Å². The van der Waals surface area contributed by atoms with Crippen molar-refractivity contribution in [2.75, 3.05) is 18.5 Å². The first-order chi connectivity index (χ1) is 10.1. The quantitative estimate of drug-likeness (QED) is 0.608. The number of halogens is 2. The SMILES string of the molecule is CCCNc1c(C(=O)OCC)cnc2c(I)cc(F)cc12. The first-order valence-electron chi connectivity index (χ1n) is 6.77. The van der Waals surface area contributed by atoms with E-state index in [1.807, 2.05) is 29.5 Å².